The number of hydrogen-bond donors (Lipinski definition) is 1. The molecule has 1 saturated heterocycles. The number of likely N-dealkylation sites (tertiary alicyclic amines) is 1. The molecule has 6 heteroatoms. The highest BCUT2D eigenvalue weighted by Gasteiger charge is 2.30. The lowest BCUT2D eigenvalue weighted by Gasteiger charge is -2.24. The van der Waals surface area contributed by atoms with E-state index in [-0.39, 0.29) is 24.4 Å². The van der Waals surface area contributed by atoms with Crippen molar-refractivity contribution >= 4 is 24.0 Å². The Morgan fingerprint density at radius 2 is 2.00 bits per heavy atom. The molecule has 2 N–H and O–H groups in total. The molecular formula is C15H17ClN4O. The maximum Gasteiger partial charge on any atom is 0.272 e. The Hall–Kier alpha value is -2.14. The Kier molecular flexibility index (Phi) is 4.75. The molecular weight excluding hydrogens is 288 g/mol. The van der Waals surface area contributed by atoms with E-state index in [0.717, 1.165) is 24.9 Å². The van der Waals surface area contributed by atoms with E-state index in [4.69, 9.17) is 5.73 Å². The second-order valence-electron chi connectivity index (χ2n) is 4.91. The van der Waals surface area contributed by atoms with Crippen molar-refractivity contribution in [1.29, 1.82) is 0 Å². The fourth-order valence-electron chi connectivity index (χ4n) is 2.62. The number of carbonyl (C=O) groups excluding carboxylic acids is 1. The highest BCUT2D eigenvalue weighted by atomic mass is 35.5. The minimum absolute atomic E-state index is 0. The smallest absolute Gasteiger partial charge is 0.272 e. The molecule has 0 saturated carbocycles. The van der Waals surface area contributed by atoms with Crippen LogP contribution in [0.2, 0.25) is 0 Å². The summed E-state index contributed by atoms with van der Waals surface area (Å²) in [6, 6.07) is 7.43. The van der Waals surface area contributed by atoms with E-state index in [0.29, 0.717) is 11.4 Å². The number of hydrogen-bond acceptors (Lipinski definition) is 4. The molecule has 0 spiro atoms. The van der Waals surface area contributed by atoms with Gasteiger partial charge in [0.2, 0.25) is 0 Å². The molecule has 1 unspecified atom stereocenters. The van der Waals surface area contributed by atoms with Gasteiger partial charge in [-0.05, 0) is 42.7 Å². The Morgan fingerprint density at radius 3 is 2.67 bits per heavy atom. The monoisotopic (exact) mass is 304 g/mol. The van der Waals surface area contributed by atoms with Gasteiger partial charge < -0.3 is 10.6 Å². The van der Waals surface area contributed by atoms with Gasteiger partial charge in [0.25, 0.3) is 5.91 Å². The van der Waals surface area contributed by atoms with Gasteiger partial charge in [0.1, 0.15) is 5.69 Å². The maximum absolute atomic E-state index is 12.5. The molecule has 0 aliphatic carbocycles. The van der Waals surface area contributed by atoms with Gasteiger partial charge in [-0.25, -0.2) is 4.98 Å². The molecule has 2 aromatic rings. The second kappa shape index (κ2) is 6.54. The van der Waals surface area contributed by atoms with E-state index < -0.39 is 0 Å². The van der Waals surface area contributed by atoms with Crippen LogP contribution in [0.1, 0.15) is 34.9 Å². The van der Waals surface area contributed by atoms with Crippen molar-refractivity contribution in [1.82, 2.24) is 14.9 Å². The Labute approximate surface area is 129 Å². The zero-order chi connectivity index (χ0) is 13.9. The molecule has 1 amide bonds. The average molecular weight is 305 g/mol. The third-order valence-electron chi connectivity index (χ3n) is 3.61. The molecule has 110 valence electrons. The zero-order valence-corrected chi connectivity index (χ0v) is 12.3. The zero-order valence-electron chi connectivity index (χ0n) is 11.5. The molecule has 1 fully saturated rings. The van der Waals surface area contributed by atoms with Crippen LogP contribution in [0.25, 0.3) is 0 Å². The Morgan fingerprint density at radius 1 is 1.24 bits per heavy atom. The summed E-state index contributed by atoms with van der Waals surface area (Å²) in [5.41, 5.74) is 7.74. The summed E-state index contributed by atoms with van der Waals surface area (Å²) in [5, 5.41) is 0. The van der Waals surface area contributed by atoms with Crippen LogP contribution in [0.15, 0.2) is 42.9 Å². The largest absolute Gasteiger partial charge is 0.397 e. The van der Waals surface area contributed by atoms with Gasteiger partial charge in [-0.1, -0.05) is 0 Å². The van der Waals surface area contributed by atoms with Crippen molar-refractivity contribution in [3.8, 4) is 0 Å². The van der Waals surface area contributed by atoms with Crippen LogP contribution < -0.4 is 5.73 Å². The van der Waals surface area contributed by atoms with Gasteiger partial charge in [-0.3, -0.25) is 9.78 Å². The highest BCUT2D eigenvalue weighted by Crippen LogP contribution is 2.32. The number of anilines is 1. The third kappa shape index (κ3) is 3.13. The number of nitrogens with zero attached hydrogens (tertiary/aromatic N) is 3. The molecule has 2 aromatic heterocycles. The molecule has 0 aromatic carbocycles. The topological polar surface area (TPSA) is 72.1 Å². The van der Waals surface area contributed by atoms with Crippen LogP contribution in [-0.4, -0.2) is 27.3 Å². The molecule has 1 atom stereocenters. The van der Waals surface area contributed by atoms with Gasteiger partial charge >= 0.3 is 0 Å². The minimum atomic E-state index is -0.0377. The highest BCUT2D eigenvalue weighted by molar-refractivity contribution is 5.93. The lowest BCUT2D eigenvalue weighted by molar-refractivity contribution is 0.0729. The normalized spacial score (nSPS) is 17.3. The lowest BCUT2D eigenvalue weighted by atomic mass is 10.1. The van der Waals surface area contributed by atoms with Crippen molar-refractivity contribution in [3.05, 3.63) is 54.1 Å². The van der Waals surface area contributed by atoms with Crippen molar-refractivity contribution < 1.29 is 4.79 Å². The van der Waals surface area contributed by atoms with Gasteiger partial charge in [0, 0.05) is 18.9 Å². The third-order valence-corrected chi connectivity index (χ3v) is 3.61. The number of nitrogens with two attached hydrogens (primary N) is 1. The fourth-order valence-corrected chi connectivity index (χ4v) is 2.62. The summed E-state index contributed by atoms with van der Waals surface area (Å²) in [7, 11) is 0. The predicted molar refractivity (Wildman–Crippen MR) is 83.1 cm³/mol. The average Bonchev–Trinajstić information content (AvgIpc) is 2.97. The van der Waals surface area contributed by atoms with Crippen molar-refractivity contribution in [2.45, 2.75) is 18.9 Å². The van der Waals surface area contributed by atoms with Crippen molar-refractivity contribution in [3.63, 3.8) is 0 Å². The fraction of sp³-hybridized carbons (Fsp3) is 0.267. The van der Waals surface area contributed by atoms with Crippen LogP contribution in [0, 0.1) is 0 Å². The molecule has 0 radical (unpaired) electrons. The van der Waals surface area contributed by atoms with E-state index in [1.54, 1.807) is 24.5 Å². The first-order chi connectivity index (χ1) is 9.75. The van der Waals surface area contributed by atoms with E-state index in [1.165, 1.54) is 6.20 Å². The van der Waals surface area contributed by atoms with Crippen LogP contribution in [0.3, 0.4) is 0 Å². The minimum Gasteiger partial charge on any atom is -0.397 e. The number of halogens is 1. The van der Waals surface area contributed by atoms with Gasteiger partial charge in [-0.2, -0.15) is 0 Å². The summed E-state index contributed by atoms with van der Waals surface area (Å²) >= 11 is 0. The maximum atomic E-state index is 12.5. The van der Waals surface area contributed by atoms with Crippen LogP contribution in [0.5, 0.6) is 0 Å². The molecule has 3 rings (SSSR count). The van der Waals surface area contributed by atoms with Crippen LogP contribution in [0.4, 0.5) is 5.69 Å². The van der Waals surface area contributed by atoms with Crippen molar-refractivity contribution in [2.24, 2.45) is 0 Å². The van der Waals surface area contributed by atoms with Crippen molar-refractivity contribution in [2.75, 3.05) is 12.3 Å². The molecule has 5 nitrogen and oxygen atoms in total. The first-order valence-corrected chi connectivity index (χ1v) is 6.68. The lowest BCUT2D eigenvalue weighted by Crippen LogP contribution is -2.31. The van der Waals surface area contributed by atoms with E-state index in [1.807, 2.05) is 17.0 Å². The Bertz CT molecular complexity index is 603. The quantitative estimate of drug-likeness (QED) is 0.925. The SMILES string of the molecule is Cl.Nc1ccc(C(=O)N2CCCC2c2ccncc2)nc1. The predicted octanol–water partition coefficient (Wildman–Crippen LogP) is 2.46. The van der Waals surface area contributed by atoms with Crippen LogP contribution in [-0.2, 0) is 0 Å². The Balaban J connectivity index is 0.00000161. The number of carbonyl (C=O) groups is 1. The van der Waals surface area contributed by atoms with Crippen LogP contribution >= 0.6 is 12.4 Å². The standard InChI is InChI=1S/C15H16N4O.ClH/c16-12-3-4-13(18-10-12)15(20)19-9-1-2-14(19)11-5-7-17-8-6-11;/h3-8,10,14H,1-2,9,16H2;1H. The summed E-state index contributed by atoms with van der Waals surface area (Å²) < 4.78 is 0. The number of rotatable bonds is 2. The van der Waals surface area contributed by atoms with E-state index >= 15 is 0 Å². The summed E-state index contributed by atoms with van der Waals surface area (Å²) in [4.78, 5) is 22.6. The van der Waals surface area contributed by atoms with E-state index in [9.17, 15) is 4.79 Å². The molecule has 3 heterocycles. The summed E-state index contributed by atoms with van der Waals surface area (Å²) in [6.07, 6.45) is 7.03. The van der Waals surface area contributed by atoms with Gasteiger partial charge in [-0.15, -0.1) is 12.4 Å². The van der Waals surface area contributed by atoms with Gasteiger partial charge in [0.05, 0.1) is 17.9 Å². The summed E-state index contributed by atoms with van der Waals surface area (Å²) in [6.45, 7) is 0.762. The number of amides is 1. The molecule has 21 heavy (non-hydrogen) atoms. The molecule has 1 aliphatic rings. The van der Waals surface area contributed by atoms with Gasteiger partial charge in [0.15, 0.2) is 0 Å². The summed E-state index contributed by atoms with van der Waals surface area (Å²) in [5.74, 6) is -0.0377. The second-order valence-corrected chi connectivity index (χ2v) is 4.91. The molecule has 0 bridgehead atoms. The first-order valence-electron chi connectivity index (χ1n) is 6.68. The number of nitrogen functional groups attached to an aromatic ring is 1. The number of pyridine rings is 2. The van der Waals surface area contributed by atoms with E-state index in [2.05, 4.69) is 9.97 Å². The number of aromatic nitrogens is 2. The molecule has 1 aliphatic heterocycles. The first kappa shape index (κ1) is 15.3.